The lowest BCUT2D eigenvalue weighted by Gasteiger charge is -2.45. The SMILES string of the molecule is CCCCCCCCC(=O)C[C@@]1(O)O[C@H](CO)[C@@H](O)[C@H](O)[C@H]1O. The number of unbranched alkanes of at least 4 members (excludes halogenated alkanes) is 5. The van der Waals surface area contributed by atoms with Gasteiger partial charge in [0.25, 0.3) is 0 Å². The molecule has 5 atom stereocenters. The molecule has 1 fully saturated rings. The number of aliphatic hydroxyl groups excluding tert-OH is 4. The van der Waals surface area contributed by atoms with Gasteiger partial charge in [0.15, 0.2) is 0 Å². The van der Waals surface area contributed by atoms with E-state index in [1.807, 2.05) is 0 Å². The minimum Gasteiger partial charge on any atom is -0.394 e. The van der Waals surface area contributed by atoms with Crippen molar-refractivity contribution in [3.63, 3.8) is 0 Å². The van der Waals surface area contributed by atoms with Crippen LogP contribution in [0.1, 0.15) is 58.3 Å². The molecule has 0 spiro atoms. The summed E-state index contributed by atoms with van der Waals surface area (Å²) in [6, 6.07) is 0. The molecule has 1 saturated heterocycles. The van der Waals surface area contributed by atoms with Crippen LogP contribution >= 0.6 is 0 Å². The topological polar surface area (TPSA) is 127 Å². The molecule has 7 nitrogen and oxygen atoms in total. The number of hydrogen-bond acceptors (Lipinski definition) is 7. The second-order valence-corrected chi connectivity index (χ2v) is 6.34. The van der Waals surface area contributed by atoms with E-state index in [1.54, 1.807) is 0 Å². The number of Topliss-reactive ketones (excluding diaryl/α,β-unsaturated/α-hetero) is 1. The van der Waals surface area contributed by atoms with Crippen molar-refractivity contribution in [2.24, 2.45) is 0 Å². The Morgan fingerprint density at radius 3 is 2.26 bits per heavy atom. The number of ether oxygens (including phenoxy) is 1. The Morgan fingerprint density at radius 2 is 1.65 bits per heavy atom. The third kappa shape index (κ3) is 5.77. The zero-order chi connectivity index (χ0) is 17.5. The van der Waals surface area contributed by atoms with Crippen LogP contribution in [-0.2, 0) is 9.53 Å². The molecule has 1 aliphatic heterocycles. The monoisotopic (exact) mass is 334 g/mol. The predicted octanol–water partition coefficient (Wildman–Crippen LogP) is -0.141. The molecule has 1 heterocycles. The average Bonchev–Trinajstić information content (AvgIpc) is 2.52. The van der Waals surface area contributed by atoms with Gasteiger partial charge in [-0.3, -0.25) is 4.79 Å². The van der Waals surface area contributed by atoms with Crippen molar-refractivity contribution >= 4 is 5.78 Å². The minimum atomic E-state index is -2.29. The van der Waals surface area contributed by atoms with E-state index in [2.05, 4.69) is 6.92 Å². The molecule has 1 rings (SSSR count). The lowest BCUT2D eigenvalue weighted by Crippen LogP contribution is -2.65. The molecule has 0 aliphatic carbocycles. The quantitative estimate of drug-likeness (QED) is 0.352. The molecule has 0 unspecified atom stereocenters. The Morgan fingerprint density at radius 1 is 1.04 bits per heavy atom. The van der Waals surface area contributed by atoms with Crippen molar-refractivity contribution in [3.8, 4) is 0 Å². The predicted molar refractivity (Wildman–Crippen MR) is 82.5 cm³/mol. The number of carbonyl (C=O) groups is 1. The summed E-state index contributed by atoms with van der Waals surface area (Å²) in [6.07, 6.45) is -0.349. The normalized spacial score (nSPS) is 34.5. The van der Waals surface area contributed by atoms with E-state index >= 15 is 0 Å². The highest BCUT2D eigenvalue weighted by Gasteiger charge is 2.53. The van der Waals surface area contributed by atoms with E-state index in [1.165, 1.54) is 6.42 Å². The lowest BCUT2D eigenvalue weighted by molar-refractivity contribution is -0.347. The highest BCUT2D eigenvalue weighted by molar-refractivity contribution is 5.79. The van der Waals surface area contributed by atoms with Gasteiger partial charge < -0.3 is 30.3 Å². The maximum absolute atomic E-state index is 12.0. The second-order valence-electron chi connectivity index (χ2n) is 6.34. The Labute approximate surface area is 136 Å². The van der Waals surface area contributed by atoms with Gasteiger partial charge in [0.05, 0.1) is 13.0 Å². The third-order valence-corrected chi connectivity index (χ3v) is 4.31. The highest BCUT2D eigenvalue weighted by atomic mass is 16.7. The fourth-order valence-electron chi connectivity index (χ4n) is 2.84. The number of hydrogen-bond donors (Lipinski definition) is 5. The summed E-state index contributed by atoms with van der Waals surface area (Å²) in [5, 5.41) is 48.6. The molecule has 23 heavy (non-hydrogen) atoms. The summed E-state index contributed by atoms with van der Waals surface area (Å²) in [4.78, 5) is 12.0. The van der Waals surface area contributed by atoms with Gasteiger partial charge in [-0.15, -0.1) is 0 Å². The van der Waals surface area contributed by atoms with E-state index in [0.29, 0.717) is 6.42 Å². The van der Waals surface area contributed by atoms with E-state index in [9.17, 15) is 25.2 Å². The molecule has 0 bridgehead atoms. The molecule has 0 amide bonds. The summed E-state index contributed by atoms with van der Waals surface area (Å²) in [5.74, 6) is -2.58. The minimum absolute atomic E-state index is 0.257. The molecule has 0 aromatic carbocycles. The molecule has 136 valence electrons. The fraction of sp³-hybridized carbons (Fsp3) is 0.938. The summed E-state index contributed by atoms with van der Waals surface area (Å²) < 4.78 is 5.07. The number of rotatable bonds is 10. The van der Waals surface area contributed by atoms with Gasteiger partial charge in [-0.2, -0.15) is 0 Å². The van der Waals surface area contributed by atoms with E-state index < -0.39 is 43.2 Å². The van der Waals surface area contributed by atoms with Gasteiger partial charge in [-0.1, -0.05) is 39.0 Å². The van der Waals surface area contributed by atoms with Crippen LogP contribution in [0.25, 0.3) is 0 Å². The molecule has 5 N–H and O–H groups in total. The van der Waals surface area contributed by atoms with E-state index in [-0.39, 0.29) is 12.2 Å². The maximum Gasteiger partial charge on any atom is 0.202 e. The average molecular weight is 334 g/mol. The maximum atomic E-state index is 12.0. The van der Waals surface area contributed by atoms with Crippen LogP contribution in [-0.4, -0.2) is 68.1 Å². The van der Waals surface area contributed by atoms with Crippen LogP contribution in [0, 0.1) is 0 Å². The van der Waals surface area contributed by atoms with Crippen molar-refractivity contribution in [3.05, 3.63) is 0 Å². The van der Waals surface area contributed by atoms with Crippen molar-refractivity contribution < 1.29 is 35.1 Å². The first-order chi connectivity index (χ1) is 10.9. The fourth-order valence-corrected chi connectivity index (χ4v) is 2.84. The lowest BCUT2D eigenvalue weighted by atomic mass is 9.89. The Kier molecular flexibility index (Phi) is 8.60. The number of carbonyl (C=O) groups excluding carboxylic acids is 1. The van der Waals surface area contributed by atoms with Crippen molar-refractivity contribution in [2.75, 3.05) is 6.61 Å². The highest BCUT2D eigenvalue weighted by Crippen LogP contribution is 2.31. The van der Waals surface area contributed by atoms with Crippen LogP contribution in [0.15, 0.2) is 0 Å². The van der Waals surface area contributed by atoms with Crippen molar-refractivity contribution in [1.82, 2.24) is 0 Å². The van der Waals surface area contributed by atoms with E-state index in [4.69, 9.17) is 9.84 Å². The van der Waals surface area contributed by atoms with Gasteiger partial charge in [-0.05, 0) is 6.42 Å². The van der Waals surface area contributed by atoms with Crippen LogP contribution in [0.2, 0.25) is 0 Å². The van der Waals surface area contributed by atoms with Gasteiger partial charge >= 0.3 is 0 Å². The molecule has 1 aliphatic rings. The number of aliphatic hydroxyl groups is 5. The first-order valence-electron chi connectivity index (χ1n) is 8.42. The summed E-state index contributed by atoms with van der Waals surface area (Å²) in [6.45, 7) is 1.49. The van der Waals surface area contributed by atoms with Gasteiger partial charge in [0, 0.05) is 6.42 Å². The summed E-state index contributed by atoms with van der Waals surface area (Å²) in [7, 11) is 0. The first kappa shape index (κ1) is 20.5. The summed E-state index contributed by atoms with van der Waals surface area (Å²) >= 11 is 0. The largest absolute Gasteiger partial charge is 0.394 e. The number of ketones is 1. The van der Waals surface area contributed by atoms with Crippen molar-refractivity contribution in [2.45, 2.75) is 88.5 Å². The first-order valence-corrected chi connectivity index (χ1v) is 8.42. The van der Waals surface area contributed by atoms with Gasteiger partial charge in [0.1, 0.15) is 30.2 Å². The zero-order valence-electron chi connectivity index (χ0n) is 13.7. The zero-order valence-corrected chi connectivity index (χ0v) is 13.7. The molecule has 0 aromatic heterocycles. The molecule has 0 aromatic rings. The van der Waals surface area contributed by atoms with Crippen molar-refractivity contribution in [1.29, 1.82) is 0 Å². The third-order valence-electron chi connectivity index (χ3n) is 4.31. The standard InChI is InChI=1S/C16H30O7/c1-2-3-4-5-6-7-8-11(18)9-16(22)15(21)14(20)13(19)12(10-17)23-16/h12-15,17,19-22H,2-10H2,1H3/t12-,13-,14+,15-,16-/m1/s1. The molecule has 7 heteroatoms. The Bertz CT molecular complexity index is 360. The van der Waals surface area contributed by atoms with Gasteiger partial charge in [-0.25, -0.2) is 0 Å². The van der Waals surface area contributed by atoms with Crippen LogP contribution < -0.4 is 0 Å². The molecule has 0 radical (unpaired) electrons. The Balaban J connectivity index is 2.45. The van der Waals surface area contributed by atoms with Gasteiger partial charge in [0.2, 0.25) is 5.79 Å². The molecular formula is C16H30O7. The molecular weight excluding hydrogens is 304 g/mol. The van der Waals surface area contributed by atoms with E-state index in [0.717, 1.165) is 25.7 Å². The van der Waals surface area contributed by atoms with Crippen LogP contribution in [0.4, 0.5) is 0 Å². The Hall–Kier alpha value is -0.570. The smallest absolute Gasteiger partial charge is 0.202 e. The molecule has 0 saturated carbocycles. The van der Waals surface area contributed by atoms with Crippen LogP contribution in [0.3, 0.4) is 0 Å². The summed E-state index contributed by atoms with van der Waals surface area (Å²) in [5.41, 5.74) is 0. The van der Waals surface area contributed by atoms with Crippen LogP contribution in [0.5, 0.6) is 0 Å². The second kappa shape index (κ2) is 9.66.